The van der Waals surface area contributed by atoms with Crippen LogP contribution in [0.5, 0.6) is 11.5 Å². The second-order valence-electron chi connectivity index (χ2n) is 9.74. The number of nitro benzene ring substituents is 1. The Bertz CT molecular complexity index is 1670. The number of imidazole rings is 1. The van der Waals surface area contributed by atoms with Crippen LogP contribution in [-0.4, -0.2) is 109 Å². The average molecular weight is 672 g/mol. The van der Waals surface area contributed by atoms with Crippen LogP contribution in [0.15, 0.2) is 24.8 Å². The fourth-order valence-corrected chi connectivity index (χ4v) is 5.06. The number of fused-ring (bicyclic) bond motifs is 1. The Hall–Kier alpha value is -4.66. The summed E-state index contributed by atoms with van der Waals surface area (Å²) in [7, 11) is -1.44. The average Bonchev–Trinajstić information content (AvgIpc) is 3.58. The zero-order valence-corrected chi connectivity index (χ0v) is 25.5. The molecule has 4 rings (SSSR count). The molecular weight excluding hydrogens is 641 g/mol. The minimum atomic E-state index is -5.15. The number of phosphoric ester groups is 1. The summed E-state index contributed by atoms with van der Waals surface area (Å²) in [5.41, 5.74) is 5.69. The fraction of sp³-hybridized carbons (Fsp3) is 0.458. The van der Waals surface area contributed by atoms with Crippen molar-refractivity contribution in [2.24, 2.45) is 0 Å². The second kappa shape index (κ2) is 13.8. The molecule has 46 heavy (non-hydrogen) atoms. The van der Waals surface area contributed by atoms with Gasteiger partial charge in [-0.3, -0.25) is 29.0 Å². The van der Waals surface area contributed by atoms with E-state index in [9.17, 15) is 39.4 Å². The third-order valence-corrected chi connectivity index (χ3v) is 7.83. The van der Waals surface area contributed by atoms with E-state index in [1.165, 1.54) is 31.2 Å². The number of amides is 1. The van der Waals surface area contributed by atoms with Crippen LogP contribution in [-0.2, 0) is 34.5 Å². The molecule has 22 heteroatoms. The van der Waals surface area contributed by atoms with Gasteiger partial charge < -0.3 is 39.4 Å². The molecule has 1 fully saturated rings. The minimum Gasteiger partial charge on any atom is -0.493 e. The molecule has 0 bridgehead atoms. The highest BCUT2D eigenvalue weighted by Crippen LogP contribution is 2.45. The zero-order chi connectivity index (χ0) is 33.9. The number of nitro groups is 1. The van der Waals surface area contributed by atoms with E-state index < -0.39 is 74.3 Å². The van der Waals surface area contributed by atoms with E-state index in [2.05, 4.69) is 19.5 Å². The van der Waals surface area contributed by atoms with E-state index in [1.807, 2.05) is 0 Å². The lowest BCUT2D eigenvalue weighted by atomic mass is 10.1. The van der Waals surface area contributed by atoms with E-state index in [0.29, 0.717) is 4.90 Å². The van der Waals surface area contributed by atoms with E-state index >= 15 is 0 Å². The van der Waals surface area contributed by atoms with Crippen LogP contribution < -0.4 is 15.2 Å². The highest BCUT2D eigenvalue weighted by atomic mass is 31.2. The first-order valence-corrected chi connectivity index (χ1v) is 14.6. The molecule has 1 amide bonds. The van der Waals surface area contributed by atoms with Crippen LogP contribution >= 0.6 is 7.82 Å². The molecule has 0 radical (unpaired) electrons. The van der Waals surface area contributed by atoms with Gasteiger partial charge in [-0.1, -0.05) is 0 Å². The molecule has 3 heterocycles. The monoisotopic (exact) mass is 671 g/mol. The van der Waals surface area contributed by atoms with Crippen molar-refractivity contribution in [2.45, 2.75) is 44.1 Å². The smallest absolute Gasteiger partial charge is 0.493 e. The Morgan fingerprint density at radius 2 is 1.87 bits per heavy atom. The number of ether oxygens (including phenoxy) is 4. The van der Waals surface area contributed by atoms with Crippen LogP contribution in [0.3, 0.4) is 0 Å². The molecule has 0 saturated carbocycles. The molecule has 0 spiro atoms. The maximum atomic E-state index is 12.6. The van der Waals surface area contributed by atoms with E-state index in [-0.39, 0.29) is 34.0 Å². The highest BCUT2D eigenvalue weighted by molar-refractivity contribution is 7.48. The molecular formula is C24H30N7O14P. The fourth-order valence-electron chi connectivity index (χ4n) is 4.29. The summed E-state index contributed by atoms with van der Waals surface area (Å²) in [5, 5.41) is 32.5. The molecule has 1 saturated heterocycles. The van der Waals surface area contributed by atoms with Crippen LogP contribution in [0.25, 0.3) is 11.2 Å². The van der Waals surface area contributed by atoms with Gasteiger partial charge in [-0.25, -0.2) is 29.1 Å². The molecule has 1 unspecified atom stereocenters. The predicted molar refractivity (Wildman–Crippen MR) is 151 cm³/mol. The lowest BCUT2D eigenvalue weighted by Crippen LogP contribution is -2.41. The molecule has 1 aliphatic heterocycles. The van der Waals surface area contributed by atoms with Crippen molar-refractivity contribution in [3.8, 4) is 11.5 Å². The molecule has 1 aromatic carbocycles. The number of carbonyl (C=O) groups excluding carboxylic acids is 2. The number of likely N-dealkylation sites (N-methyl/N-ethyl adjacent to an activating group) is 1. The largest absolute Gasteiger partial charge is 0.529 e. The number of rotatable bonds is 12. The number of aliphatic hydroxyl groups excluding tert-OH is 2. The first-order chi connectivity index (χ1) is 21.7. The molecule has 5 N–H and O–H groups in total. The molecule has 21 nitrogen and oxygen atoms in total. The SMILES string of the molecule is COc1cc(COC(=O)N(C)[C@@H](C)C(=O)OP(=O)(O)OC[C@H]2O[C@@H](n3cnc4c(N)ncnc43)[C@H](O)[C@@H]2O)c([N+](=O)[O-])cc1OC. The van der Waals surface area contributed by atoms with Crippen LogP contribution in [0.2, 0.25) is 0 Å². The summed E-state index contributed by atoms with van der Waals surface area (Å²) in [6.07, 6.45) is -4.51. The quantitative estimate of drug-likeness (QED) is 0.114. The number of benzene rings is 1. The molecule has 250 valence electrons. The normalized spacial score (nSPS) is 21.3. The van der Waals surface area contributed by atoms with Crippen molar-refractivity contribution in [1.29, 1.82) is 0 Å². The molecule has 0 aliphatic carbocycles. The lowest BCUT2D eigenvalue weighted by molar-refractivity contribution is -0.385. The Morgan fingerprint density at radius 3 is 2.52 bits per heavy atom. The minimum absolute atomic E-state index is 0.0461. The number of methoxy groups -OCH3 is 2. The number of hydrogen-bond donors (Lipinski definition) is 4. The number of nitrogens with two attached hydrogens (primary N) is 1. The Kier molecular flexibility index (Phi) is 10.2. The van der Waals surface area contributed by atoms with Gasteiger partial charge in [-0.2, -0.15) is 0 Å². The van der Waals surface area contributed by atoms with Gasteiger partial charge in [-0.15, -0.1) is 0 Å². The number of hydrogen-bond acceptors (Lipinski definition) is 17. The van der Waals surface area contributed by atoms with Gasteiger partial charge >= 0.3 is 19.9 Å². The van der Waals surface area contributed by atoms with Crippen LogP contribution in [0.1, 0.15) is 18.7 Å². The van der Waals surface area contributed by atoms with Crippen molar-refractivity contribution in [3.05, 3.63) is 40.5 Å². The summed E-state index contributed by atoms with van der Waals surface area (Å²) in [4.78, 5) is 58.7. The number of anilines is 1. The number of phosphoric acid groups is 1. The van der Waals surface area contributed by atoms with E-state index in [4.69, 9.17) is 29.2 Å². The van der Waals surface area contributed by atoms with Gasteiger partial charge in [0.2, 0.25) is 0 Å². The van der Waals surface area contributed by atoms with Crippen molar-refractivity contribution in [2.75, 3.05) is 33.6 Å². The standard InChI is InChI=1S/C24H30N7O14P/c1-11(29(2)24(35)42-7-12-5-14(40-3)15(41-4)6-13(12)31(36)37)23(34)45-46(38,39)43-8-16-18(32)19(33)22(44-16)30-10-28-17-20(25)26-9-27-21(17)30/h5-6,9-11,16,18-19,22,32-33H,7-8H2,1-4H3,(H,38,39)(H2,25,26,27)/t11-,16+,18+,19+,22+/m0/s1. The molecule has 6 atom stereocenters. The highest BCUT2D eigenvalue weighted by Gasteiger charge is 2.46. The topological polar surface area (TPSA) is 283 Å². The summed E-state index contributed by atoms with van der Waals surface area (Å²) < 4.78 is 44.1. The Morgan fingerprint density at radius 1 is 1.20 bits per heavy atom. The number of nitrogens with zero attached hydrogens (tertiary/aromatic N) is 6. The summed E-state index contributed by atoms with van der Waals surface area (Å²) >= 11 is 0. The third-order valence-electron chi connectivity index (χ3n) is 6.95. The van der Waals surface area contributed by atoms with Crippen molar-refractivity contribution in [1.82, 2.24) is 24.4 Å². The molecule has 1 aliphatic rings. The predicted octanol–water partition coefficient (Wildman–Crippen LogP) is 0.270. The third kappa shape index (κ3) is 7.09. The van der Waals surface area contributed by atoms with Crippen molar-refractivity contribution < 1.29 is 62.2 Å². The first-order valence-electron chi connectivity index (χ1n) is 13.1. The first kappa shape index (κ1) is 34.2. The van der Waals surface area contributed by atoms with Gasteiger partial charge in [0.05, 0.1) is 43.7 Å². The van der Waals surface area contributed by atoms with Gasteiger partial charge in [-0.05, 0) is 13.0 Å². The van der Waals surface area contributed by atoms with E-state index in [0.717, 1.165) is 26.4 Å². The summed E-state index contributed by atoms with van der Waals surface area (Å²) in [5.74, 6) is -1.10. The summed E-state index contributed by atoms with van der Waals surface area (Å²) in [6.45, 7) is -0.260. The molecule has 2 aromatic heterocycles. The number of aliphatic hydroxyl groups is 2. The van der Waals surface area contributed by atoms with Crippen molar-refractivity contribution >= 4 is 42.6 Å². The Labute approximate surface area is 259 Å². The lowest BCUT2D eigenvalue weighted by Gasteiger charge is -2.24. The van der Waals surface area contributed by atoms with Gasteiger partial charge in [0.15, 0.2) is 29.2 Å². The van der Waals surface area contributed by atoms with Crippen molar-refractivity contribution in [3.63, 3.8) is 0 Å². The van der Waals surface area contributed by atoms with Crippen LogP contribution in [0, 0.1) is 10.1 Å². The number of aromatic nitrogens is 4. The molecule has 3 aromatic rings. The zero-order valence-electron chi connectivity index (χ0n) is 24.7. The number of nitrogen functional groups attached to an aromatic ring is 1. The number of carbonyl (C=O) groups is 2. The maximum Gasteiger partial charge on any atom is 0.529 e. The van der Waals surface area contributed by atoms with E-state index in [1.54, 1.807) is 0 Å². The van der Waals surface area contributed by atoms with Gasteiger partial charge in [0.1, 0.15) is 42.8 Å². The summed E-state index contributed by atoms with van der Waals surface area (Å²) in [6, 6.07) is 0.835. The van der Waals surface area contributed by atoms with Gasteiger partial charge in [0.25, 0.3) is 5.69 Å². The van der Waals surface area contributed by atoms with Gasteiger partial charge in [0, 0.05) is 7.05 Å². The van der Waals surface area contributed by atoms with Crippen LogP contribution in [0.4, 0.5) is 16.3 Å². The maximum absolute atomic E-state index is 12.6. The second-order valence-corrected chi connectivity index (χ2v) is 11.1. The Balaban J connectivity index is 1.33.